The van der Waals surface area contributed by atoms with Crippen molar-refractivity contribution in [1.82, 2.24) is 15.1 Å². The molecular weight excluding hydrogens is 462 g/mol. The normalized spacial score (nSPS) is 23.9. The van der Waals surface area contributed by atoms with Crippen LogP contribution in [-0.2, 0) is 9.59 Å². The lowest BCUT2D eigenvalue weighted by atomic mass is 9.92. The third-order valence-electron chi connectivity index (χ3n) is 7.10. The maximum atomic E-state index is 16.1. The predicted octanol–water partition coefficient (Wildman–Crippen LogP) is 4.88. The lowest BCUT2D eigenvalue weighted by Gasteiger charge is -2.29. The van der Waals surface area contributed by atoms with Crippen LogP contribution in [0.25, 0.3) is 16.6 Å². The van der Waals surface area contributed by atoms with Crippen LogP contribution in [0.2, 0.25) is 0 Å². The summed E-state index contributed by atoms with van der Waals surface area (Å²) in [5.41, 5.74) is 0.397. The Labute approximate surface area is 206 Å². The second-order valence-electron chi connectivity index (χ2n) is 9.64. The number of hydrogen-bond acceptors (Lipinski definition) is 3. The monoisotopic (exact) mass is 486 g/mol. The molecule has 36 heavy (non-hydrogen) atoms. The first-order valence-corrected chi connectivity index (χ1v) is 12.0. The summed E-state index contributed by atoms with van der Waals surface area (Å²) >= 11 is 0. The molecule has 0 spiro atoms. The van der Waals surface area contributed by atoms with Crippen molar-refractivity contribution in [3.8, 4) is 5.69 Å². The van der Waals surface area contributed by atoms with Gasteiger partial charge in [-0.1, -0.05) is 30.3 Å². The Bertz CT molecular complexity index is 1460. The lowest BCUT2D eigenvalue weighted by Crippen LogP contribution is -2.50. The molecular formula is C28H24F2N4O2. The van der Waals surface area contributed by atoms with Gasteiger partial charge >= 0.3 is 0 Å². The summed E-state index contributed by atoms with van der Waals surface area (Å²) in [6.45, 7) is 1.24. The zero-order valence-electron chi connectivity index (χ0n) is 19.6. The van der Waals surface area contributed by atoms with E-state index in [9.17, 15) is 14.0 Å². The number of hydrogen-bond donors (Lipinski definition) is 1. The molecule has 0 unspecified atom stereocenters. The smallest absolute Gasteiger partial charge is 0.267 e. The highest BCUT2D eigenvalue weighted by Crippen LogP contribution is 2.45. The Morgan fingerprint density at radius 3 is 2.42 bits per heavy atom. The van der Waals surface area contributed by atoms with Crippen LogP contribution in [0, 0.1) is 11.7 Å². The molecule has 182 valence electrons. The van der Waals surface area contributed by atoms with Crippen LogP contribution in [0.1, 0.15) is 31.4 Å². The highest BCUT2D eigenvalue weighted by atomic mass is 19.1. The quantitative estimate of drug-likeness (QED) is 0.438. The second kappa shape index (κ2) is 8.26. The molecule has 0 radical (unpaired) electrons. The molecule has 1 aromatic heterocycles. The van der Waals surface area contributed by atoms with Crippen molar-refractivity contribution in [2.75, 3.05) is 4.90 Å². The van der Waals surface area contributed by atoms with Gasteiger partial charge in [0.2, 0.25) is 11.6 Å². The molecule has 2 amide bonds. The number of alkyl halides is 1. The molecule has 0 bridgehead atoms. The van der Waals surface area contributed by atoms with Gasteiger partial charge in [0, 0.05) is 17.0 Å². The van der Waals surface area contributed by atoms with Crippen molar-refractivity contribution in [3.63, 3.8) is 0 Å². The molecule has 1 saturated heterocycles. The number of halogens is 2. The van der Waals surface area contributed by atoms with Gasteiger partial charge in [0.1, 0.15) is 5.82 Å². The minimum absolute atomic E-state index is 0.116. The molecule has 1 aliphatic heterocycles. The van der Waals surface area contributed by atoms with E-state index in [-0.39, 0.29) is 17.6 Å². The van der Waals surface area contributed by atoms with E-state index in [4.69, 9.17) is 0 Å². The summed E-state index contributed by atoms with van der Waals surface area (Å²) in [7, 11) is 0. The van der Waals surface area contributed by atoms with E-state index in [2.05, 4.69) is 10.4 Å². The van der Waals surface area contributed by atoms with E-state index in [0.717, 1.165) is 29.3 Å². The lowest BCUT2D eigenvalue weighted by molar-refractivity contribution is -0.128. The standard InChI is InChI=1S/C28H24F2N4O2/c1-28(30)25(32-26(35)18-7-8-18)24(17-5-3-2-4-6-17)33(27(28)36)22-13-14-23-19(15-22)16-31-34(23)21-11-9-20(29)10-12-21/h2-6,9-16,18,24-25H,7-8H2,1H3,(H,32,35)/t24-,25-,28+/m1/s1. The molecule has 8 heteroatoms. The Morgan fingerprint density at radius 1 is 1.03 bits per heavy atom. The van der Waals surface area contributed by atoms with Crippen molar-refractivity contribution >= 4 is 28.4 Å². The van der Waals surface area contributed by atoms with Gasteiger partial charge < -0.3 is 5.32 Å². The number of rotatable bonds is 5. The number of nitrogens with one attached hydrogen (secondary N) is 1. The van der Waals surface area contributed by atoms with Crippen molar-refractivity contribution in [2.24, 2.45) is 5.92 Å². The number of carbonyl (C=O) groups excluding carboxylic acids is 2. The van der Waals surface area contributed by atoms with Crippen LogP contribution >= 0.6 is 0 Å². The van der Waals surface area contributed by atoms with Gasteiger partial charge in [0.15, 0.2) is 0 Å². The van der Waals surface area contributed by atoms with Crippen LogP contribution in [0.15, 0.2) is 79.0 Å². The highest BCUT2D eigenvalue weighted by molar-refractivity contribution is 6.05. The van der Waals surface area contributed by atoms with E-state index in [1.165, 1.54) is 24.0 Å². The minimum Gasteiger partial charge on any atom is -0.347 e. The summed E-state index contributed by atoms with van der Waals surface area (Å²) < 4.78 is 31.2. The van der Waals surface area contributed by atoms with Gasteiger partial charge in [-0.2, -0.15) is 5.10 Å². The molecule has 2 aliphatic rings. The Kier molecular flexibility index (Phi) is 5.14. The number of aromatic nitrogens is 2. The van der Waals surface area contributed by atoms with Crippen LogP contribution in [0.5, 0.6) is 0 Å². The van der Waals surface area contributed by atoms with Crippen molar-refractivity contribution < 1.29 is 18.4 Å². The highest BCUT2D eigenvalue weighted by Gasteiger charge is 2.59. The first-order chi connectivity index (χ1) is 17.3. The van der Waals surface area contributed by atoms with Crippen LogP contribution in [-0.4, -0.2) is 33.3 Å². The maximum absolute atomic E-state index is 16.1. The van der Waals surface area contributed by atoms with Gasteiger partial charge in [0.25, 0.3) is 5.91 Å². The number of nitrogens with zero attached hydrogens (tertiary/aromatic N) is 3. The molecule has 6 nitrogen and oxygen atoms in total. The number of benzene rings is 3. The summed E-state index contributed by atoms with van der Waals surface area (Å²) in [6, 6.07) is 18.8. The van der Waals surface area contributed by atoms with Crippen LogP contribution in [0.3, 0.4) is 0 Å². The van der Waals surface area contributed by atoms with Crippen molar-refractivity contribution in [3.05, 3.63) is 90.4 Å². The van der Waals surface area contributed by atoms with Gasteiger partial charge in [-0.15, -0.1) is 0 Å². The fourth-order valence-corrected chi connectivity index (χ4v) is 5.00. The fraction of sp³-hybridized carbons (Fsp3) is 0.250. The second-order valence-corrected chi connectivity index (χ2v) is 9.64. The summed E-state index contributed by atoms with van der Waals surface area (Å²) in [5, 5.41) is 8.02. The summed E-state index contributed by atoms with van der Waals surface area (Å²) in [5.74, 6) is -1.37. The molecule has 3 aromatic carbocycles. The Balaban J connectivity index is 1.43. The van der Waals surface area contributed by atoms with Crippen molar-refractivity contribution in [2.45, 2.75) is 37.5 Å². The topological polar surface area (TPSA) is 67.2 Å². The minimum atomic E-state index is -2.29. The van der Waals surface area contributed by atoms with E-state index in [0.29, 0.717) is 11.4 Å². The molecule has 2 fully saturated rings. The zero-order chi connectivity index (χ0) is 25.0. The number of amides is 2. The van der Waals surface area contributed by atoms with Crippen LogP contribution < -0.4 is 10.2 Å². The maximum Gasteiger partial charge on any atom is 0.267 e. The summed E-state index contributed by atoms with van der Waals surface area (Å²) in [6.07, 6.45) is 3.22. The molecule has 1 aliphatic carbocycles. The van der Waals surface area contributed by atoms with E-state index < -0.39 is 23.7 Å². The molecule has 1 saturated carbocycles. The number of carbonyl (C=O) groups is 2. The van der Waals surface area contributed by atoms with Gasteiger partial charge in [0.05, 0.1) is 29.5 Å². The van der Waals surface area contributed by atoms with Gasteiger partial charge in [-0.25, -0.2) is 13.5 Å². The summed E-state index contributed by atoms with van der Waals surface area (Å²) in [4.78, 5) is 27.6. The Hall–Kier alpha value is -4.07. The van der Waals surface area contributed by atoms with Gasteiger partial charge in [-0.05, 0) is 67.8 Å². The van der Waals surface area contributed by atoms with Crippen LogP contribution in [0.4, 0.5) is 14.5 Å². The molecule has 4 aromatic rings. The average molecular weight is 487 g/mol. The SMILES string of the molecule is C[C@@]1(F)C(=O)N(c2ccc3c(cnn3-c3ccc(F)cc3)c2)[C@H](c2ccccc2)[C@H]1NC(=O)C1CC1. The van der Waals surface area contributed by atoms with E-state index in [1.807, 2.05) is 36.4 Å². The average Bonchev–Trinajstić information content (AvgIpc) is 3.62. The molecule has 1 N–H and O–H groups in total. The largest absolute Gasteiger partial charge is 0.347 e. The number of fused-ring (bicyclic) bond motifs is 1. The first-order valence-electron chi connectivity index (χ1n) is 12.0. The number of anilines is 1. The Morgan fingerprint density at radius 2 is 1.72 bits per heavy atom. The van der Waals surface area contributed by atoms with Crippen molar-refractivity contribution in [1.29, 1.82) is 0 Å². The van der Waals surface area contributed by atoms with E-state index in [1.54, 1.807) is 35.1 Å². The fourth-order valence-electron chi connectivity index (χ4n) is 5.00. The van der Waals surface area contributed by atoms with E-state index >= 15 is 4.39 Å². The zero-order valence-corrected chi connectivity index (χ0v) is 19.6. The first kappa shape index (κ1) is 22.4. The molecule has 2 heterocycles. The third kappa shape index (κ3) is 3.64. The molecule has 3 atom stereocenters. The third-order valence-corrected chi connectivity index (χ3v) is 7.10. The van der Waals surface area contributed by atoms with Gasteiger partial charge in [-0.3, -0.25) is 14.5 Å². The predicted molar refractivity (Wildman–Crippen MR) is 132 cm³/mol. The molecule has 6 rings (SSSR count).